The first-order valence-corrected chi connectivity index (χ1v) is 4.57. The molecule has 0 aliphatic heterocycles. The Morgan fingerprint density at radius 1 is 1.38 bits per heavy atom. The molecule has 0 aliphatic carbocycles. The van der Waals surface area contributed by atoms with Crippen LogP contribution in [0.4, 0.5) is 0 Å². The van der Waals surface area contributed by atoms with Crippen molar-refractivity contribution >= 4 is 12.4 Å². The molecule has 0 aromatic heterocycles. The SMILES string of the molecule is COc1ccc(OC)c([C@H](N)CC#N)c1.Cl. The number of nitrogens with zero attached hydrogens (tertiary/aromatic N) is 1. The van der Waals surface area contributed by atoms with Crippen LogP contribution >= 0.6 is 12.4 Å². The van der Waals surface area contributed by atoms with E-state index in [2.05, 4.69) is 0 Å². The fraction of sp³-hybridized carbons (Fsp3) is 0.364. The van der Waals surface area contributed by atoms with E-state index in [4.69, 9.17) is 20.5 Å². The van der Waals surface area contributed by atoms with Gasteiger partial charge in [0, 0.05) is 11.6 Å². The zero-order valence-corrected chi connectivity index (χ0v) is 10.1. The van der Waals surface area contributed by atoms with Crippen molar-refractivity contribution in [3.63, 3.8) is 0 Å². The van der Waals surface area contributed by atoms with E-state index >= 15 is 0 Å². The Morgan fingerprint density at radius 2 is 2.06 bits per heavy atom. The molecule has 0 unspecified atom stereocenters. The summed E-state index contributed by atoms with van der Waals surface area (Å²) in [5, 5.41) is 8.59. The molecule has 0 saturated heterocycles. The van der Waals surface area contributed by atoms with Gasteiger partial charge in [-0.15, -0.1) is 12.4 Å². The maximum absolute atomic E-state index is 8.59. The van der Waals surface area contributed by atoms with E-state index < -0.39 is 0 Å². The monoisotopic (exact) mass is 242 g/mol. The van der Waals surface area contributed by atoms with Crippen LogP contribution in [0.15, 0.2) is 18.2 Å². The molecular weight excluding hydrogens is 228 g/mol. The van der Waals surface area contributed by atoms with Gasteiger partial charge in [-0.25, -0.2) is 0 Å². The summed E-state index contributed by atoms with van der Waals surface area (Å²) < 4.78 is 10.3. The Labute approximate surface area is 101 Å². The van der Waals surface area contributed by atoms with Crippen LogP contribution in [0, 0.1) is 11.3 Å². The molecule has 0 heterocycles. The van der Waals surface area contributed by atoms with Crippen LogP contribution in [0.5, 0.6) is 11.5 Å². The number of ether oxygens (including phenoxy) is 2. The lowest BCUT2D eigenvalue weighted by Gasteiger charge is -2.14. The summed E-state index contributed by atoms with van der Waals surface area (Å²) in [6.45, 7) is 0. The third-order valence-corrected chi connectivity index (χ3v) is 2.15. The van der Waals surface area contributed by atoms with E-state index in [0.717, 1.165) is 5.56 Å². The fourth-order valence-corrected chi connectivity index (χ4v) is 1.34. The zero-order chi connectivity index (χ0) is 11.3. The Hall–Kier alpha value is -1.44. The van der Waals surface area contributed by atoms with Crippen LogP contribution in [0.3, 0.4) is 0 Å². The minimum Gasteiger partial charge on any atom is -0.497 e. The Balaban J connectivity index is 0.00000225. The summed E-state index contributed by atoms with van der Waals surface area (Å²) in [6, 6.07) is 7.05. The second-order valence-electron chi connectivity index (χ2n) is 3.08. The molecule has 4 nitrogen and oxygen atoms in total. The minimum absolute atomic E-state index is 0. The zero-order valence-electron chi connectivity index (χ0n) is 9.27. The van der Waals surface area contributed by atoms with Crippen molar-refractivity contribution in [1.29, 1.82) is 5.26 Å². The molecule has 0 bridgehead atoms. The highest BCUT2D eigenvalue weighted by Gasteiger charge is 2.12. The van der Waals surface area contributed by atoms with Gasteiger partial charge in [-0.3, -0.25) is 0 Å². The Kier molecular flexibility index (Phi) is 6.31. The highest BCUT2D eigenvalue weighted by atomic mass is 35.5. The van der Waals surface area contributed by atoms with Gasteiger partial charge in [-0.05, 0) is 18.2 Å². The molecule has 16 heavy (non-hydrogen) atoms. The van der Waals surface area contributed by atoms with E-state index in [1.165, 1.54) is 0 Å². The smallest absolute Gasteiger partial charge is 0.123 e. The fourth-order valence-electron chi connectivity index (χ4n) is 1.34. The molecule has 0 radical (unpaired) electrons. The first-order chi connectivity index (χ1) is 7.22. The third-order valence-electron chi connectivity index (χ3n) is 2.15. The van der Waals surface area contributed by atoms with Gasteiger partial charge < -0.3 is 15.2 Å². The molecule has 5 heteroatoms. The van der Waals surface area contributed by atoms with Crippen LogP contribution in [-0.2, 0) is 0 Å². The summed E-state index contributed by atoms with van der Waals surface area (Å²) in [4.78, 5) is 0. The lowest BCUT2D eigenvalue weighted by molar-refractivity contribution is 0.395. The molecule has 0 saturated carbocycles. The number of hydrogen-bond acceptors (Lipinski definition) is 4. The molecule has 0 spiro atoms. The van der Waals surface area contributed by atoms with Crippen LogP contribution in [-0.4, -0.2) is 14.2 Å². The maximum atomic E-state index is 8.59. The van der Waals surface area contributed by atoms with Gasteiger partial charge in [0.15, 0.2) is 0 Å². The molecule has 1 aromatic rings. The predicted octanol–water partition coefficient (Wildman–Crippen LogP) is 2.04. The van der Waals surface area contributed by atoms with Crippen molar-refractivity contribution in [3.8, 4) is 17.6 Å². The van der Waals surface area contributed by atoms with Gasteiger partial charge in [-0.2, -0.15) is 5.26 Å². The van der Waals surface area contributed by atoms with Crippen molar-refractivity contribution < 1.29 is 9.47 Å². The standard InChI is InChI=1S/C11H14N2O2.ClH/c1-14-8-3-4-11(15-2)9(7-8)10(13)5-6-12;/h3-4,7,10H,5,13H2,1-2H3;1H/t10-;/m1./s1. The van der Waals surface area contributed by atoms with Crippen molar-refractivity contribution in [2.45, 2.75) is 12.5 Å². The van der Waals surface area contributed by atoms with Crippen LogP contribution in [0.2, 0.25) is 0 Å². The van der Waals surface area contributed by atoms with Crippen LogP contribution in [0.25, 0.3) is 0 Å². The number of rotatable bonds is 4. The normalized spacial score (nSPS) is 10.9. The largest absolute Gasteiger partial charge is 0.497 e. The number of methoxy groups -OCH3 is 2. The van der Waals surface area contributed by atoms with Crippen molar-refractivity contribution in [2.75, 3.05) is 14.2 Å². The van der Waals surface area contributed by atoms with Gasteiger partial charge >= 0.3 is 0 Å². The predicted molar refractivity (Wildman–Crippen MR) is 64.0 cm³/mol. The van der Waals surface area contributed by atoms with Crippen LogP contribution < -0.4 is 15.2 Å². The molecule has 1 aromatic carbocycles. The number of hydrogen-bond donors (Lipinski definition) is 1. The van der Waals surface area contributed by atoms with Crippen molar-refractivity contribution in [2.24, 2.45) is 5.73 Å². The lowest BCUT2D eigenvalue weighted by atomic mass is 10.0. The highest BCUT2D eigenvalue weighted by molar-refractivity contribution is 5.85. The molecular formula is C11H15ClN2O2. The molecule has 1 atom stereocenters. The van der Waals surface area contributed by atoms with Gasteiger partial charge in [0.05, 0.1) is 26.7 Å². The van der Waals surface area contributed by atoms with Crippen molar-refractivity contribution in [1.82, 2.24) is 0 Å². The average Bonchev–Trinajstić information content (AvgIpc) is 2.28. The first-order valence-electron chi connectivity index (χ1n) is 4.57. The van der Waals surface area contributed by atoms with Crippen LogP contribution in [0.1, 0.15) is 18.0 Å². The first kappa shape index (κ1) is 14.6. The average molecular weight is 243 g/mol. The summed E-state index contributed by atoms with van der Waals surface area (Å²) in [7, 11) is 3.16. The second kappa shape index (κ2) is 6.94. The van der Waals surface area contributed by atoms with E-state index in [1.807, 2.05) is 6.07 Å². The Bertz CT molecular complexity index is 377. The Morgan fingerprint density at radius 3 is 2.56 bits per heavy atom. The van der Waals surface area contributed by atoms with E-state index in [9.17, 15) is 0 Å². The topological polar surface area (TPSA) is 68.3 Å². The molecule has 0 aliphatic rings. The van der Waals surface area contributed by atoms with E-state index in [-0.39, 0.29) is 24.9 Å². The van der Waals surface area contributed by atoms with Crippen molar-refractivity contribution in [3.05, 3.63) is 23.8 Å². The summed E-state index contributed by atoms with van der Waals surface area (Å²) in [5.41, 5.74) is 6.64. The lowest BCUT2D eigenvalue weighted by Crippen LogP contribution is -2.10. The quantitative estimate of drug-likeness (QED) is 0.877. The number of nitriles is 1. The van der Waals surface area contributed by atoms with Gasteiger partial charge in [0.2, 0.25) is 0 Å². The molecule has 0 fully saturated rings. The molecule has 2 N–H and O–H groups in total. The van der Waals surface area contributed by atoms with Gasteiger partial charge in [0.1, 0.15) is 11.5 Å². The number of nitrogens with two attached hydrogens (primary N) is 1. The van der Waals surface area contributed by atoms with E-state index in [1.54, 1.807) is 32.4 Å². The number of benzene rings is 1. The summed E-state index contributed by atoms with van der Waals surface area (Å²) in [5.74, 6) is 1.39. The second-order valence-corrected chi connectivity index (χ2v) is 3.08. The highest BCUT2D eigenvalue weighted by Crippen LogP contribution is 2.29. The maximum Gasteiger partial charge on any atom is 0.123 e. The third kappa shape index (κ3) is 3.30. The summed E-state index contributed by atoms with van der Waals surface area (Å²) in [6.07, 6.45) is 0.253. The van der Waals surface area contributed by atoms with Gasteiger partial charge in [-0.1, -0.05) is 0 Å². The summed E-state index contributed by atoms with van der Waals surface area (Å²) >= 11 is 0. The van der Waals surface area contributed by atoms with Gasteiger partial charge in [0.25, 0.3) is 0 Å². The molecule has 0 amide bonds. The minimum atomic E-state index is -0.347. The molecule has 1 rings (SSSR count). The number of halogens is 1. The van der Waals surface area contributed by atoms with E-state index in [0.29, 0.717) is 11.5 Å². The molecule has 88 valence electrons.